The summed E-state index contributed by atoms with van der Waals surface area (Å²) < 4.78 is 5.28. The van der Waals surface area contributed by atoms with Crippen LogP contribution in [-0.4, -0.2) is 23.0 Å². The highest BCUT2D eigenvalue weighted by Crippen LogP contribution is 2.21. The van der Waals surface area contributed by atoms with Gasteiger partial charge in [-0.1, -0.05) is 24.3 Å². The number of hydrogen-bond donors (Lipinski definition) is 2. The van der Waals surface area contributed by atoms with Gasteiger partial charge in [0.05, 0.1) is 30.3 Å². The van der Waals surface area contributed by atoms with Crippen molar-refractivity contribution in [2.45, 2.75) is 20.4 Å². The first-order valence-corrected chi connectivity index (χ1v) is 7.46. The topological polar surface area (TPSA) is 67.0 Å². The maximum atomic E-state index is 12.5. The zero-order chi connectivity index (χ0) is 16.4. The third-order valence-electron chi connectivity index (χ3n) is 3.86. The Morgan fingerprint density at radius 3 is 2.65 bits per heavy atom. The Morgan fingerprint density at radius 2 is 1.91 bits per heavy atom. The largest absolute Gasteiger partial charge is 0.496 e. The first-order valence-electron chi connectivity index (χ1n) is 7.46. The molecule has 1 heterocycles. The van der Waals surface area contributed by atoms with E-state index in [2.05, 4.69) is 15.3 Å². The molecule has 0 saturated carbocycles. The number of fused-ring (bicyclic) bond motifs is 1. The van der Waals surface area contributed by atoms with E-state index >= 15 is 0 Å². The second-order valence-corrected chi connectivity index (χ2v) is 5.49. The van der Waals surface area contributed by atoms with E-state index in [-0.39, 0.29) is 5.91 Å². The predicted molar refractivity (Wildman–Crippen MR) is 89.7 cm³/mol. The Balaban J connectivity index is 1.80. The van der Waals surface area contributed by atoms with E-state index in [1.807, 2.05) is 44.2 Å². The molecule has 23 heavy (non-hydrogen) atoms. The lowest BCUT2D eigenvalue weighted by Gasteiger charge is -2.11. The van der Waals surface area contributed by atoms with Crippen LogP contribution in [0.1, 0.15) is 27.3 Å². The Morgan fingerprint density at radius 1 is 1.17 bits per heavy atom. The van der Waals surface area contributed by atoms with Crippen molar-refractivity contribution < 1.29 is 9.53 Å². The second kappa shape index (κ2) is 6.12. The quantitative estimate of drug-likeness (QED) is 0.778. The maximum Gasteiger partial charge on any atom is 0.255 e. The fourth-order valence-corrected chi connectivity index (χ4v) is 2.66. The molecular formula is C18H19N3O2. The fraction of sp³-hybridized carbons (Fsp3) is 0.222. The average molecular weight is 309 g/mol. The average Bonchev–Trinajstić information content (AvgIpc) is 2.97. The number of amides is 1. The van der Waals surface area contributed by atoms with Gasteiger partial charge in [-0.25, -0.2) is 4.98 Å². The van der Waals surface area contributed by atoms with Crippen molar-refractivity contribution in [3.05, 3.63) is 58.9 Å². The third-order valence-corrected chi connectivity index (χ3v) is 3.86. The minimum absolute atomic E-state index is 0.169. The standard InChI is InChI=1S/C18H19N3O2/c1-11-6-5-9-14(23-3)16(11)18(22)19-10-15-20-13-8-4-7-12(2)17(13)21-15/h4-9H,10H2,1-3H3,(H,19,22)(H,20,21). The fourth-order valence-electron chi connectivity index (χ4n) is 2.66. The molecule has 0 bridgehead atoms. The number of nitrogens with zero attached hydrogens (tertiary/aromatic N) is 1. The number of benzene rings is 2. The number of aromatic amines is 1. The molecule has 3 rings (SSSR count). The number of rotatable bonds is 4. The molecule has 1 amide bonds. The number of methoxy groups -OCH3 is 1. The molecule has 5 nitrogen and oxygen atoms in total. The van der Waals surface area contributed by atoms with Crippen LogP contribution in [0.2, 0.25) is 0 Å². The molecule has 0 atom stereocenters. The number of aromatic nitrogens is 2. The number of ether oxygens (including phenoxy) is 1. The van der Waals surface area contributed by atoms with Gasteiger partial charge in [-0.3, -0.25) is 4.79 Å². The molecule has 0 aliphatic carbocycles. The summed E-state index contributed by atoms with van der Waals surface area (Å²) in [6.07, 6.45) is 0. The van der Waals surface area contributed by atoms with Crippen molar-refractivity contribution in [2.75, 3.05) is 7.11 Å². The summed E-state index contributed by atoms with van der Waals surface area (Å²) in [6.45, 7) is 4.25. The van der Waals surface area contributed by atoms with E-state index in [0.717, 1.165) is 28.0 Å². The van der Waals surface area contributed by atoms with Crippen LogP contribution in [-0.2, 0) is 6.54 Å². The van der Waals surface area contributed by atoms with Crippen LogP contribution >= 0.6 is 0 Å². The van der Waals surface area contributed by atoms with Crippen LogP contribution in [0.3, 0.4) is 0 Å². The van der Waals surface area contributed by atoms with Crippen LogP contribution in [0.5, 0.6) is 5.75 Å². The van der Waals surface area contributed by atoms with Crippen molar-refractivity contribution in [1.29, 1.82) is 0 Å². The first-order chi connectivity index (χ1) is 11.1. The molecule has 1 aromatic heterocycles. The van der Waals surface area contributed by atoms with Gasteiger partial charge in [0.2, 0.25) is 0 Å². The molecule has 0 saturated heterocycles. The summed E-state index contributed by atoms with van der Waals surface area (Å²) in [4.78, 5) is 20.2. The van der Waals surface area contributed by atoms with Gasteiger partial charge in [-0.05, 0) is 37.1 Å². The van der Waals surface area contributed by atoms with Gasteiger partial charge in [-0.2, -0.15) is 0 Å². The van der Waals surface area contributed by atoms with Crippen LogP contribution in [0.25, 0.3) is 11.0 Å². The predicted octanol–water partition coefficient (Wildman–Crippen LogP) is 3.12. The Kier molecular flexibility index (Phi) is 4.02. The van der Waals surface area contributed by atoms with E-state index in [4.69, 9.17) is 4.74 Å². The van der Waals surface area contributed by atoms with Crippen molar-refractivity contribution in [3.8, 4) is 5.75 Å². The van der Waals surface area contributed by atoms with Gasteiger partial charge < -0.3 is 15.0 Å². The third kappa shape index (κ3) is 2.90. The minimum Gasteiger partial charge on any atom is -0.496 e. The van der Waals surface area contributed by atoms with E-state index in [1.165, 1.54) is 0 Å². The summed E-state index contributed by atoms with van der Waals surface area (Å²) in [6, 6.07) is 11.5. The zero-order valence-electron chi connectivity index (χ0n) is 13.4. The summed E-state index contributed by atoms with van der Waals surface area (Å²) in [5, 5.41) is 2.90. The second-order valence-electron chi connectivity index (χ2n) is 5.49. The van der Waals surface area contributed by atoms with Crippen molar-refractivity contribution in [2.24, 2.45) is 0 Å². The maximum absolute atomic E-state index is 12.5. The number of aryl methyl sites for hydroxylation is 2. The molecule has 2 aromatic carbocycles. The zero-order valence-corrected chi connectivity index (χ0v) is 13.4. The number of nitrogens with one attached hydrogen (secondary N) is 2. The van der Waals surface area contributed by atoms with Gasteiger partial charge in [0.25, 0.3) is 5.91 Å². The van der Waals surface area contributed by atoms with Gasteiger partial charge >= 0.3 is 0 Å². The van der Waals surface area contributed by atoms with Crippen LogP contribution in [0, 0.1) is 13.8 Å². The van der Waals surface area contributed by atoms with Crippen molar-refractivity contribution >= 4 is 16.9 Å². The SMILES string of the molecule is COc1cccc(C)c1C(=O)NCc1nc2c(C)cccc2[nH]1. The molecule has 0 unspecified atom stereocenters. The number of para-hydroxylation sites is 1. The Hall–Kier alpha value is -2.82. The number of carbonyl (C=O) groups excluding carboxylic acids is 1. The summed E-state index contributed by atoms with van der Waals surface area (Å²) in [7, 11) is 1.56. The minimum atomic E-state index is -0.169. The number of hydrogen-bond acceptors (Lipinski definition) is 3. The van der Waals surface area contributed by atoms with Gasteiger partial charge in [-0.15, -0.1) is 0 Å². The molecule has 5 heteroatoms. The van der Waals surface area contributed by atoms with Gasteiger partial charge in [0.1, 0.15) is 11.6 Å². The molecule has 0 aliphatic heterocycles. The molecule has 0 aliphatic rings. The molecule has 2 N–H and O–H groups in total. The molecule has 3 aromatic rings. The Labute approximate surface area is 134 Å². The summed E-state index contributed by atoms with van der Waals surface area (Å²) >= 11 is 0. The van der Waals surface area contributed by atoms with Crippen LogP contribution in [0.4, 0.5) is 0 Å². The number of H-pyrrole nitrogens is 1. The Bertz CT molecular complexity index is 868. The highest BCUT2D eigenvalue weighted by molar-refractivity contribution is 5.98. The first kappa shape index (κ1) is 15.1. The molecule has 118 valence electrons. The van der Waals surface area contributed by atoms with Crippen molar-refractivity contribution in [3.63, 3.8) is 0 Å². The molecule has 0 spiro atoms. The lowest BCUT2D eigenvalue weighted by molar-refractivity contribution is 0.0946. The van der Waals surface area contributed by atoms with E-state index < -0.39 is 0 Å². The van der Waals surface area contributed by atoms with Gasteiger partial charge in [0, 0.05) is 0 Å². The molecule has 0 fully saturated rings. The monoisotopic (exact) mass is 309 g/mol. The highest BCUT2D eigenvalue weighted by Gasteiger charge is 2.15. The highest BCUT2D eigenvalue weighted by atomic mass is 16.5. The molecule has 0 radical (unpaired) electrons. The van der Waals surface area contributed by atoms with E-state index in [0.29, 0.717) is 17.9 Å². The van der Waals surface area contributed by atoms with Crippen LogP contribution < -0.4 is 10.1 Å². The smallest absolute Gasteiger partial charge is 0.255 e. The van der Waals surface area contributed by atoms with Crippen LogP contribution in [0.15, 0.2) is 36.4 Å². The summed E-state index contributed by atoms with van der Waals surface area (Å²) in [5.41, 5.74) is 4.45. The van der Waals surface area contributed by atoms with Crippen molar-refractivity contribution in [1.82, 2.24) is 15.3 Å². The van der Waals surface area contributed by atoms with E-state index in [9.17, 15) is 4.79 Å². The van der Waals surface area contributed by atoms with Gasteiger partial charge in [0.15, 0.2) is 0 Å². The number of imidazole rings is 1. The molecular weight excluding hydrogens is 290 g/mol. The lowest BCUT2D eigenvalue weighted by atomic mass is 10.1. The summed E-state index contributed by atoms with van der Waals surface area (Å²) in [5.74, 6) is 1.13. The van der Waals surface area contributed by atoms with E-state index in [1.54, 1.807) is 13.2 Å². The normalized spacial score (nSPS) is 10.7. The number of carbonyl (C=O) groups is 1. The lowest BCUT2D eigenvalue weighted by Crippen LogP contribution is -2.24.